The van der Waals surface area contributed by atoms with E-state index in [0.717, 1.165) is 37.7 Å². The Morgan fingerprint density at radius 3 is 1.12 bits per heavy atom. The molecule has 42 heavy (non-hydrogen) atoms. The van der Waals surface area contributed by atoms with Gasteiger partial charge in [0.2, 0.25) is 0 Å². The van der Waals surface area contributed by atoms with Gasteiger partial charge >= 0.3 is 26.2 Å². The van der Waals surface area contributed by atoms with E-state index in [0.29, 0.717) is 11.1 Å². The fraction of sp³-hybridized carbons (Fsp3) is 0.278. The van der Waals surface area contributed by atoms with Crippen molar-refractivity contribution in [2.24, 2.45) is 0 Å². The zero-order valence-corrected chi connectivity index (χ0v) is 28.0. The van der Waals surface area contributed by atoms with Gasteiger partial charge in [0, 0.05) is 0 Å². The van der Waals surface area contributed by atoms with Crippen LogP contribution in [-0.2, 0) is 35.8 Å². The molecule has 0 saturated carbocycles. The summed E-state index contributed by atoms with van der Waals surface area (Å²) < 4.78 is 4.57. The standard InChI is InChI=1S/C22H30N2O.2C7H5O.Zr/c1-15-11-17(3)21(18(4)12-15)23-7-9-25-10-8-24-22-19(5)13-16(2)14-20(22)6;2*8-6-7-4-2-1-3-5-7;/h11-14H,7-10H2,1-6H3;2*1-5H;/q-2;2*-1;+3/p+1. The molecule has 1 radical (unpaired) electrons. The van der Waals surface area contributed by atoms with Gasteiger partial charge in [0.05, 0.1) is 12.6 Å². The van der Waals surface area contributed by atoms with Crippen LogP contribution in [0, 0.1) is 41.5 Å². The molecule has 6 heteroatoms. The van der Waals surface area contributed by atoms with E-state index < -0.39 is 0 Å². The number of ether oxygens (including phenoxy) is 1. The molecule has 0 heterocycles. The first kappa shape index (κ1) is 36.7. The van der Waals surface area contributed by atoms with E-state index in [1.54, 1.807) is 61.1 Å². The maximum Gasteiger partial charge on any atom is 3.00 e. The molecule has 0 saturated heterocycles. The molecule has 0 aliphatic heterocycles. The van der Waals surface area contributed by atoms with Gasteiger partial charge in [0.1, 0.15) is 13.2 Å². The van der Waals surface area contributed by atoms with Gasteiger partial charge in [-0.25, -0.2) is 0 Å². The van der Waals surface area contributed by atoms with Crippen LogP contribution in [0.25, 0.3) is 10.6 Å². The van der Waals surface area contributed by atoms with E-state index in [1.807, 2.05) is 12.1 Å². The predicted molar refractivity (Wildman–Crippen MR) is 172 cm³/mol. The van der Waals surface area contributed by atoms with Gasteiger partial charge in [-0.15, -0.1) is 35.6 Å². The number of benzene rings is 4. The first-order valence-corrected chi connectivity index (χ1v) is 13.8. The zero-order chi connectivity index (χ0) is 30.0. The summed E-state index contributed by atoms with van der Waals surface area (Å²) in [5.74, 6) is 0. The molecule has 0 amide bonds. The van der Waals surface area contributed by atoms with Crippen LogP contribution in [0.15, 0.2) is 84.9 Å². The van der Waals surface area contributed by atoms with Crippen molar-refractivity contribution in [3.63, 3.8) is 0 Å². The fourth-order valence-corrected chi connectivity index (χ4v) is 4.43. The minimum absolute atomic E-state index is 0. The molecule has 0 unspecified atom stereocenters. The van der Waals surface area contributed by atoms with Crippen molar-refractivity contribution in [3.05, 3.63) is 140 Å². The van der Waals surface area contributed by atoms with Gasteiger partial charge in [-0.3, -0.25) is 0 Å². The second-order valence-electron chi connectivity index (χ2n) is 9.87. The molecule has 0 aliphatic carbocycles. The number of rotatable bonds is 10. The van der Waals surface area contributed by atoms with Crippen LogP contribution in [0.3, 0.4) is 0 Å². The van der Waals surface area contributed by atoms with Crippen molar-refractivity contribution in [1.29, 1.82) is 0 Å². The van der Waals surface area contributed by atoms with Gasteiger partial charge in [-0.2, -0.15) is 35.4 Å². The number of carbonyl (C=O) groups excluding carboxylic acids is 2. The molecule has 0 fully saturated rings. The summed E-state index contributed by atoms with van der Waals surface area (Å²) in [6.45, 7) is 15.8. The summed E-state index contributed by atoms with van der Waals surface area (Å²) in [5, 5.41) is 9.43. The van der Waals surface area contributed by atoms with E-state index in [1.165, 1.54) is 33.4 Å². The van der Waals surface area contributed by atoms with E-state index in [2.05, 4.69) is 70.5 Å². The molecule has 0 atom stereocenters. The summed E-state index contributed by atoms with van der Waals surface area (Å²) in [5.41, 5.74) is 11.0. The quantitative estimate of drug-likeness (QED) is 0.0999. The Labute approximate surface area is 271 Å². The third-order valence-corrected chi connectivity index (χ3v) is 6.11. The Hall–Kier alpha value is -3.34. The van der Waals surface area contributed by atoms with Gasteiger partial charge in [0.25, 0.3) is 0 Å². The van der Waals surface area contributed by atoms with Crippen LogP contribution in [0.1, 0.15) is 44.5 Å². The largest absolute Gasteiger partial charge is 3.00 e. The van der Waals surface area contributed by atoms with Gasteiger partial charge in [-0.1, -0.05) is 82.9 Å². The van der Waals surface area contributed by atoms with Crippen molar-refractivity contribution in [2.45, 2.75) is 41.5 Å². The molecule has 0 aliphatic rings. The Morgan fingerprint density at radius 1 is 0.548 bits per heavy atom. The molecule has 0 aromatic heterocycles. The van der Waals surface area contributed by atoms with Crippen molar-refractivity contribution in [1.82, 2.24) is 0 Å². The summed E-state index contributed by atoms with van der Waals surface area (Å²) in [7, 11) is 0. The molecule has 1 N–H and O–H groups in total. The molecule has 4 aromatic rings. The second-order valence-corrected chi connectivity index (χ2v) is 9.87. The first-order chi connectivity index (χ1) is 19.7. The normalized spacial score (nSPS) is 9.67. The molecular weight excluding hydrogens is 600 g/mol. The van der Waals surface area contributed by atoms with Gasteiger partial charge in [0.15, 0.2) is 0 Å². The third-order valence-electron chi connectivity index (χ3n) is 6.11. The molecular formula is C36H41N2O3Zr. The van der Waals surface area contributed by atoms with Crippen LogP contribution in [-0.4, -0.2) is 43.6 Å². The Morgan fingerprint density at radius 2 is 0.857 bits per heavy atom. The Bertz CT molecular complexity index is 1210. The molecule has 217 valence electrons. The minimum atomic E-state index is 0. The maximum atomic E-state index is 9.88. The van der Waals surface area contributed by atoms with Crippen LogP contribution in [0.5, 0.6) is 0 Å². The SMILES string of the molecule is Cc1cc(C)c([N-]CC[OH+]CC[N-]c2c(C)cc(C)cc2C)c(C)c1.O=[C-]c1ccccc1.O=[C-]c1ccccc1.[Zr+3]. The van der Waals surface area contributed by atoms with E-state index >= 15 is 0 Å². The number of nitrogens with zero attached hydrogens (tertiary/aromatic N) is 2. The first-order valence-electron chi connectivity index (χ1n) is 13.8. The van der Waals surface area contributed by atoms with Crippen molar-refractivity contribution < 1.29 is 40.5 Å². The Balaban J connectivity index is 0.000000420. The smallest absolute Gasteiger partial charge is 0.678 e. The van der Waals surface area contributed by atoms with Crippen LogP contribution >= 0.6 is 0 Å². The number of hydrogen-bond donors (Lipinski definition) is 0. The molecule has 5 nitrogen and oxygen atoms in total. The summed E-state index contributed by atoms with van der Waals surface area (Å²) in [4.78, 5) is 19.8. The topological polar surface area (TPSA) is 75.1 Å². The van der Waals surface area contributed by atoms with Crippen LogP contribution in [0.2, 0.25) is 0 Å². The van der Waals surface area contributed by atoms with Crippen LogP contribution in [0.4, 0.5) is 11.4 Å². The van der Waals surface area contributed by atoms with Gasteiger partial charge in [-0.05, 0) is 41.5 Å². The molecule has 0 bridgehead atoms. The minimum Gasteiger partial charge on any atom is -0.678 e. The Kier molecular flexibility index (Phi) is 17.9. The number of aryl methyl sites for hydroxylation is 6. The van der Waals surface area contributed by atoms with Crippen molar-refractivity contribution >= 4 is 23.9 Å². The van der Waals surface area contributed by atoms with Crippen molar-refractivity contribution in [3.8, 4) is 0 Å². The average Bonchev–Trinajstić information content (AvgIpc) is 2.96. The summed E-state index contributed by atoms with van der Waals surface area (Å²) in [6.07, 6.45) is 3.55. The van der Waals surface area contributed by atoms with E-state index in [-0.39, 0.29) is 26.2 Å². The number of hydrogen-bond acceptors (Lipinski definition) is 2. The number of aliphatic hydroxyl groups is 2. The van der Waals surface area contributed by atoms with E-state index in [9.17, 15) is 9.59 Å². The zero-order valence-electron chi connectivity index (χ0n) is 25.6. The van der Waals surface area contributed by atoms with Gasteiger partial charge < -0.3 is 25.0 Å². The van der Waals surface area contributed by atoms with E-state index in [4.69, 9.17) is 10.6 Å². The molecule has 0 spiro atoms. The molecule has 4 rings (SSSR count). The predicted octanol–water partition coefficient (Wildman–Crippen LogP) is 8.06. The molecule has 4 aromatic carbocycles. The average molecular weight is 641 g/mol. The fourth-order valence-electron chi connectivity index (χ4n) is 4.43. The summed E-state index contributed by atoms with van der Waals surface area (Å²) in [6, 6.07) is 26.6. The third kappa shape index (κ3) is 13.5. The maximum absolute atomic E-state index is 9.88. The second kappa shape index (κ2) is 20.5. The van der Waals surface area contributed by atoms with Crippen LogP contribution < -0.4 is 0 Å². The van der Waals surface area contributed by atoms with Crippen molar-refractivity contribution in [2.75, 3.05) is 26.3 Å². The summed E-state index contributed by atoms with van der Waals surface area (Å²) >= 11 is 0. The monoisotopic (exact) mass is 639 g/mol.